The van der Waals surface area contributed by atoms with Crippen molar-refractivity contribution in [2.45, 2.75) is 0 Å². The molecule has 0 fully saturated rings. The lowest BCUT2D eigenvalue weighted by atomic mass is 10.1. The van der Waals surface area contributed by atoms with Crippen molar-refractivity contribution >= 4 is 32.8 Å². The third kappa shape index (κ3) is 2.67. The van der Waals surface area contributed by atoms with Crippen molar-refractivity contribution in [3.63, 3.8) is 0 Å². The van der Waals surface area contributed by atoms with E-state index in [1.165, 1.54) is 21.7 Å². The molecule has 34 heavy (non-hydrogen) atoms. The predicted octanol–water partition coefficient (Wildman–Crippen LogP) is 7.79. The lowest BCUT2D eigenvalue weighted by Crippen LogP contribution is -2.04. The number of fused-ring (bicyclic) bond motifs is 5. The highest BCUT2D eigenvalue weighted by atomic mass is 15.2. The van der Waals surface area contributed by atoms with Crippen molar-refractivity contribution in [1.29, 1.82) is 0 Å². The molecule has 3 nitrogen and oxygen atoms in total. The summed E-state index contributed by atoms with van der Waals surface area (Å²) in [6, 6.07) is 42.6. The van der Waals surface area contributed by atoms with Crippen LogP contribution in [0.4, 0.5) is 0 Å². The molecule has 0 aliphatic rings. The van der Waals surface area contributed by atoms with E-state index in [0.29, 0.717) is 0 Å². The van der Waals surface area contributed by atoms with Crippen molar-refractivity contribution in [3.05, 3.63) is 128 Å². The van der Waals surface area contributed by atoms with E-state index in [9.17, 15) is 0 Å². The van der Waals surface area contributed by atoms with Gasteiger partial charge in [0.2, 0.25) is 0 Å². The van der Waals surface area contributed by atoms with E-state index < -0.39 is 0 Å². The quantitative estimate of drug-likeness (QED) is 0.278. The van der Waals surface area contributed by atoms with Crippen LogP contribution in [0.3, 0.4) is 0 Å². The molecule has 0 saturated carbocycles. The summed E-state index contributed by atoms with van der Waals surface area (Å²) < 4.78 is 4.70. The zero-order valence-corrected chi connectivity index (χ0v) is 18.5. The van der Waals surface area contributed by atoms with Crippen LogP contribution in [0, 0.1) is 0 Å². The number of benzene rings is 4. The standard InChI is InChI=1S/C31H21N3/c1-3-12-22(13-4-1)24-18-11-21-32-30(24)34-28-20-10-8-17-26(28)29-25-16-7-9-19-27(25)33(31(29)34)23-14-5-2-6-15-23/h1-21H. The largest absolute Gasteiger partial charge is 0.295 e. The minimum Gasteiger partial charge on any atom is -0.295 e. The summed E-state index contributed by atoms with van der Waals surface area (Å²) in [5.74, 6) is 0.930. The second-order valence-electron chi connectivity index (χ2n) is 8.48. The summed E-state index contributed by atoms with van der Waals surface area (Å²) >= 11 is 0. The fourth-order valence-electron chi connectivity index (χ4n) is 5.17. The maximum absolute atomic E-state index is 4.95. The Morgan fingerprint density at radius 3 is 1.79 bits per heavy atom. The Balaban J connectivity index is 1.72. The van der Waals surface area contributed by atoms with Crippen molar-refractivity contribution in [2.75, 3.05) is 0 Å². The third-order valence-electron chi connectivity index (χ3n) is 6.57. The monoisotopic (exact) mass is 435 g/mol. The van der Waals surface area contributed by atoms with Crippen LogP contribution in [0.1, 0.15) is 0 Å². The van der Waals surface area contributed by atoms with Gasteiger partial charge in [0.25, 0.3) is 0 Å². The van der Waals surface area contributed by atoms with Gasteiger partial charge in [0.05, 0.1) is 11.0 Å². The minimum atomic E-state index is 0.930. The van der Waals surface area contributed by atoms with Crippen LogP contribution in [-0.4, -0.2) is 14.1 Å². The van der Waals surface area contributed by atoms with Gasteiger partial charge in [0, 0.05) is 33.6 Å². The Morgan fingerprint density at radius 2 is 1.09 bits per heavy atom. The van der Waals surface area contributed by atoms with Gasteiger partial charge in [-0.2, -0.15) is 0 Å². The molecule has 0 aliphatic heterocycles. The first-order chi connectivity index (χ1) is 16.9. The van der Waals surface area contributed by atoms with Crippen molar-refractivity contribution in [3.8, 4) is 22.6 Å². The van der Waals surface area contributed by atoms with Crippen LogP contribution in [-0.2, 0) is 0 Å². The van der Waals surface area contributed by atoms with Gasteiger partial charge < -0.3 is 0 Å². The van der Waals surface area contributed by atoms with E-state index in [1.807, 2.05) is 12.3 Å². The minimum absolute atomic E-state index is 0.930. The maximum Gasteiger partial charge on any atom is 0.146 e. The van der Waals surface area contributed by atoms with Crippen molar-refractivity contribution < 1.29 is 0 Å². The lowest BCUT2D eigenvalue weighted by molar-refractivity contribution is 1.02. The number of para-hydroxylation sites is 3. The van der Waals surface area contributed by atoms with E-state index >= 15 is 0 Å². The van der Waals surface area contributed by atoms with Crippen LogP contribution >= 0.6 is 0 Å². The van der Waals surface area contributed by atoms with Gasteiger partial charge in [-0.05, 0) is 42.0 Å². The smallest absolute Gasteiger partial charge is 0.146 e. The fraction of sp³-hybridized carbons (Fsp3) is 0. The van der Waals surface area contributed by atoms with E-state index in [-0.39, 0.29) is 0 Å². The Kier molecular flexibility index (Phi) is 4.15. The molecule has 160 valence electrons. The number of hydrogen-bond acceptors (Lipinski definition) is 1. The molecule has 3 aromatic heterocycles. The van der Waals surface area contributed by atoms with Crippen LogP contribution in [0.2, 0.25) is 0 Å². The summed E-state index contributed by atoms with van der Waals surface area (Å²) in [4.78, 5) is 4.95. The normalized spacial score (nSPS) is 11.5. The number of hydrogen-bond donors (Lipinski definition) is 0. The second kappa shape index (κ2) is 7.46. The molecule has 3 heteroatoms. The first-order valence-corrected chi connectivity index (χ1v) is 11.5. The maximum atomic E-state index is 4.95. The molecule has 0 bridgehead atoms. The zero-order chi connectivity index (χ0) is 22.5. The number of pyridine rings is 1. The summed E-state index contributed by atoms with van der Waals surface area (Å²) in [5.41, 5.74) is 6.86. The molecule has 0 spiro atoms. The zero-order valence-electron chi connectivity index (χ0n) is 18.5. The SMILES string of the molecule is c1ccc(-c2cccnc2-n2c3ccccc3c3c4ccccc4n(-c4ccccc4)c32)cc1. The Labute approximate surface area is 197 Å². The topological polar surface area (TPSA) is 22.8 Å². The predicted molar refractivity (Wildman–Crippen MR) is 141 cm³/mol. The van der Waals surface area contributed by atoms with Gasteiger partial charge in [0.15, 0.2) is 0 Å². The Bertz CT molecular complexity index is 1790. The van der Waals surface area contributed by atoms with Gasteiger partial charge in [-0.3, -0.25) is 9.13 Å². The summed E-state index contributed by atoms with van der Waals surface area (Å²) in [7, 11) is 0. The molecule has 0 atom stereocenters. The van der Waals surface area contributed by atoms with E-state index in [2.05, 4.69) is 124 Å². The van der Waals surface area contributed by atoms with Gasteiger partial charge in [0.1, 0.15) is 11.5 Å². The van der Waals surface area contributed by atoms with Gasteiger partial charge >= 0.3 is 0 Å². The Hall–Kier alpha value is -4.63. The first kappa shape index (κ1) is 18.9. The highest BCUT2D eigenvalue weighted by molar-refractivity contribution is 6.22. The molecular formula is C31H21N3. The molecule has 0 radical (unpaired) electrons. The average molecular weight is 436 g/mol. The molecule has 7 rings (SSSR count). The molecule has 0 N–H and O–H groups in total. The summed E-state index contributed by atoms with van der Waals surface area (Å²) in [5, 5.41) is 3.72. The highest BCUT2D eigenvalue weighted by Crippen LogP contribution is 2.41. The van der Waals surface area contributed by atoms with Crippen molar-refractivity contribution in [2.24, 2.45) is 0 Å². The highest BCUT2D eigenvalue weighted by Gasteiger charge is 2.23. The van der Waals surface area contributed by atoms with E-state index in [1.54, 1.807) is 0 Å². The first-order valence-electron chi connectivity index (χ1n) is 11.5. The van der Waals surface area contributed by atoms with Gasteiger partial charge in [-0.25, -0.2) is 4.98 Å². The number of rotatable bonds is 3. The van der Waals surface area contributed by atoms with Gasteiger partial charge in [-0.15, -0.1) is 0 Å². The van der Waals surface area contributed by atoms with Crippen molar-refractivity contribution in [1.82, 2.24) is 14.1 Å². The molecular weight excluding hydrogens is 414 g/mol. The number of aromatic nitrogens is 3. The average Bonchev–Trinajstić information content (AvgIpc) is 3.42. The van der Waals surface area contributed by atoms with Crippen LogP contribution in [0.25, 0.3) is 55.5 Å². The number of nitrogens with zero attached hydrogens (tertiary/aromatic N) is 3. The van der Waals surface area contributed by atoms with Crippen LogP contribution in [0.5, 0.6) is 0 Å². The Morgan fingerprint density at radius 1 is 0.500 bits per heavy atom. The van der Waals surface area contributed by atoms with E-state index in [0.717, 1.165) is 33.8 Å². The van der Waals surface area contributed by atoms with E-state index in [4.69, 9.17) is 4.98 Å². The fourth-order valence-corrected chi connectivity index (χ4v) is 5.17. The third-order valence-corrected chi connectivity index (χ3v) is 6.57. The van der Waals surface area contributed by atoms with Gasteiger partial charge in [-0.1, -0.05) is 84.9 Å². The second-order valence-corrected chi connectivity index (χ2v) is 8.48. The molecule has 0 aliphatic carbocycles. The van der Waals surface area contributed by atoms with Crippen LogP contribution in [0.15, 0.2) is 128 Å². The summed E-state index contributed by atoms with van der Waals surface area (Å²) in [6.07, 6.45) is 1.89. The summed E-state index contributed by atoms with van der Waals surface area (Å²) in [6.45, 7) is 0. The molecule has 0 saturated heterocycles. The molecule has 0 amide bonds. The molecule has 3 heterocycles. The molecule has 0 unspecified atom stereocenters. The molecule has 7 aromatic rings. The lowest BCUT2D eigenvalue weighted by Gasteiger charge is -2.15. The van der Waals surface area contributed by atoms with Crippen LogP contribution < -0.4 is 0 Å². The molecule has 4 aromatic carbocycles.